The minimum absolute atomic E-state index is 0.410. The third kappa shape index (κ3) is 4.16. The van der Waals surface area contributed by atoms with E-state index in [-0.39, 0.29) is 0 Å². The van der Waals surface area contributed by atoms with Crippen LogP contribution in [0.4, 0.5) is 17.6 Å². The van der Waals surface area contributed by atoms with Crippen molar-refractivity contribution in [3.63, 3.8) is 0 Å². The normalized spacial score (nSPS) is 13.8. The van der Waals surface area contributed by atoms with Crippen LogP contribution in [0.2, 0.25) is 0 Å². The highest BCUT2D eigenvalue weighted by Gasteiger charge is 2.28. The van der Waals surface area contributed by atoms with Gasteiger partial charge in [-0.1, -0.05) is 12.1 Å². The summed E-state index contributed by atoms with van der Waals surface area (Å²) in [5, 5.41) is 11.1. The molecule has 0 aliphatic heterocycles. The van der Waals surface area contributed by atoms with E-state index < -0.39 is 31.2 Å². The first kappa shape index (κ1) is 12.9. The Morgan fingerprint density at radius 2 is 1.75 bits per heavy atom. The molecule has 0 aliphatic rings. The second-order valence-corrected chi connectivity index (χ2v) is 3.28. The Kier molecular flexibility index (Phi) is 4.26. The third-order valence-electron chi connectivity index (χ3n) is 2.00. The first-order valence-electron chi connectivity index (χ1n) is 4.59. The molecule has 90 valence electrons. The van der Waals surface area contributed by atoms with E-state index in [0.717, 1.165) is 12.1 Å². The van der Waals surface area contributed by atoms with Gasteiger partial charge in [0.05, 0.1) is 19.2 Å². The molecule has 1 atom stereocenters. The molecule has 0 radical (unpaired) electrons. The molecule has 0 fully saturated rings. The maximum Gasteiger partial charge on any atom is 0.401 e. The fourth-order valence-corrected chi connectivity index (χ4v) is 1.22. The SMILES string of the molecule is OCC(NCC(F)(F)F)c1ccc(F)cc1. The lowest BCUT2D eigenvalue weighted by Crippen LogP contribution is -2.33. The van der Waals surface area contributed by atoms with Gasteiger partial charge in [0.25, 0.3) is 0 Å². The van der Waals surface area contributed by atoms with E-state index in [2.05, 4.69) is 5.32 Å². The van der Waals surface area contributed by atoms with Crippen LogP contribution in [0, 0.1) is 5.82 Å². The zero-order valence-electron chi connectivity index (χ0n) is 8.26. The van der Waals surface area contributed by atoms with E-state index in [9.17, 15) is 17.6 Å². The average molecular weight is 237 g/mol. The molecule has 0 heterocycles. The summed E-state index contributed by atoms with van der Waals surface area (Å²) in [5.41, 5.74) is 0.410. The monoisotopic (exact) mass is 237 g/mol. The molecule has 1 aromatic carbocycles. The summed E-state index contributed by atoms with van der Waals surface area (Å²) in [6.07, 6.45) is -4.34. The smallest absolute Gasteiger partial charge is 0.394 e. The Morgan fingerprint density at radius 1 is 1.19 bits per heavy atom. The predicted molar refractivity (Wildman–Crippen MR) is 50.3 cm³/mol. The highest BCUT2D eigenvalue weighted by atomic mass is 19.4. The Bertz CT molecular complexity index is 323. The molecule has 16 heavy (non-hydrogen) atoms. The van der Waals surface area contributed by atoms with Gasteiger partial charge in [-0.25, -0.2) is 4.39 Å². The van der Waals surface area contributed by atoms with E-state index in [1.807, 2.05) is 0 Å². The largest absolute Gasteiger partial charge is 0.401 e. The van der Waals surface area contributed by atoms with E-state index in [1.165, 1.54) is 12.1 Å². The summed E-state index contributed by atoms with van der Waals surface area (Å²) in [4.78, 5) is 0. The lowest BCUT2D eigenvalue weighted by Gasteiger charge is -2.17. The number of aliphatic hydroxyl groups is 1. The van der Waals surface area contributed by atoms with Crippen LogP contribution in [-0.2, 0) is 0 Å². The van der Waals surface area contributed by atoms with Gasteiger partial charge in [0, 0.05) is 0 Å². The van der Waals surface area contributed by atoms with Crippen LogP contribution < -0.4 is 5.32 Å². The molecule has 0 aliphatic carbocycles. The second kappa shape index (κ2) is 5.27. The molecule has 0 bridgehead atoms. The van der Waals surface area contributed by atoms with Crippen molar-refractivity contribution in [3.05, 3.63) is 35.6 Å². The van der Waals surface area contributed by atoms with E-state index in [1.54, 1.807) is 0 Å². The van der Waals surface area contributed by atoms with Crippen molar-refractivity contribution < 1.29 is 22.7 Å². The molecule has 0 spiro atoms. The molecular weight excluding hydrogens is 226 g/mol. The van der Waals surface area contributed by atoms with Crippen molar-refractivity contribution in [2.75, 3.05) is 13.2 Å². The minimum atomic E-state index is -4.34. The highest BCUT2D eigenvalue weighted by molar-refractivity contribution is 5.19. The maximum atomic E-state index is 12.6. The predicted octanol–water partition coefficient (Wildman–Crippen LogP) is 2.01. The topological polar surface area (TPSA) is 32.3 Å². The van der Waals surface area contributed by atoms with Gasteiger partial charge in [0.2, 0.25) is 0 Å². The molecule has 1 unspecified atom stereocenters. The lowest BCUT2D eigenvalue weighted by atomic mass is 10.1. The standard InChI is InChI=1S/C10H11F4NO/c11-8-3-1-7(2-4-8)9(5-16)15-6-10(12,13)14/h1-4,9,15-16H,5-6H2. The molecule has 6 heteroatoms. The summed E-state index contributed by atoms with van der Waals surface area (Å²) < 4.78 is 48.4. The van der Waals surface area contributed by atoms with Gasteiger partial charge >= 0.3 is 6.18 Å². The molecule has 0 amide bonds. The fraction of sp³-hybridized carbons (Fsp3) is 0.400. The van der Waals surface area contributed by atoms with Crippen LogP contribution in [0.25, 0.3) is 0 Å². The van der Waals surface area contributed by atoms with Crippen molar-refractivity contribution in [2.24, 2.45) is 0 Å². The third-order valence-corrected chi connectivity index (χ3v) is 2.00. The minimum Gasteiger partial charge on any atom is -0.394 e. The summed E-state index contributed by atoms with van der Waals surface area (Å²) in [6, 6.07) is 4.09. The van der Waals surface area contributed by atoms with Crippen LogP contribution in [0.5, 0.6) is 0 Å². The first-order chi connectivity index (χ1) is 7.42. The molecule has 1 aromatic rings. The Morgan fingerprint density at radius 3 is 2.19 bits per heavy atom. The number of hydrogen-bond acceptors (Lipinski definition) is 2. The number of aliphatic hydroxyl groups excluding tert-OH is 1. The number of rotatable bonds is 4. The summed E-state index contributed by atoms with van der Waals surface area (Å²) in [5.74, 6) is -0.476. The number of halogens is 4. The fourth-order valence-electron chi connectivity index (χ4n) is 1.22. The zero-order chi connectivity index (χ0) is 12.2. The van der Waals surface area contributed by atoms with Crippen LogP contribution in [0.15, 0.2) is 24.3 Å². The second-order valence-electron chi connectivity index (χ2n) is 3.28. The van der Waals surface area contributed by atoms with E-state index in [0.29, 0.717) is 5.56 Å². The number of alkyl halides is 3. The van der Waals surface area contributed by atoms with Crippen molar-refractivity contribution in [2.45, 2.75) is 12.2 Å². The molecule has 2 nitrogen and oxygen atoms in total. The van der Waals surface area contributed by atoms with Crippen molar-refractivity contribution in [1.29, 1.82) is 0 Å². The lowest BCUT2D eigenvalue weighted by molar-refractivity contribution is -0.126. The number of nitrogens with one attached hydrogen (secondary N) is 1. The van der Waals surface area contributed by atoms with Gasteiger partial charge in [0.1, 0.15) is 5.82 Å². The van der Waals surface area contributed by atoms with Crippen molar-refractivity contribution >= 4 is 0 Å². The summed E-state index contributed by atoms with van der Waals surface area (Å²) >= 11 is 0. The van der Waals surface area contributed by atoms with Crippen molar-refractivity contribution in [3.8, 4) is 0 Å². The van der Waals surface area contributed by atoms with Gasteiger partial charge in [-0.05, 0) is 17.7 Å². The quantitative estimate of drug-likeness (QED) is 0.785. The molecule has 2 N–H and O–H groups in total. The summed E-state index contributed by atoms with van der Waals surface area (Å²) in [7, 11) is 0. The van der Waals surface area contributed by atoms with E-state index >= 15 is 0 Å². The zero-order valence-corrected chi connectivity index (χ0v) is 8.26. The van der Waals surface area contributed by atoms with Gasteiger partial charge in [-0.15, -0.1) is 0 Å². The van der Waals surface area contributed by atoms with Gasteiger partial charge < -0.3 is 5.11 Å². The highest BCUT2D eigenvalue weighted by Crippen LogP contribution is 2.17. The van der Waals surface area contributed by atoms with Gasteiger partial charge in [0.15, 0.2) is 0 Å². The Balaban J connectivity index is 2.64. The number of hydrogen-bond donors (Lipinski definition) is 2. The molecule has 1 rings (SSSR count). The Hall–Kier alpha value is -1.14. The van der Waals surface area contributed by atoms with Crippen LogP contribution >= 0.6 is 0 Å². The molecule has 0 saturated carbocycles. The van der Waals surface area contributed by atoms with Crippen LogP contribution in [-0.4, -0.2) is 24.4 Å². The van der Waals surface area contributed by atoms with Crippen LogP contribution in [0.1, 0.15) is 11.6 Å². The maximum absolute atomic E-state index is 12.6. The van der Waals surface area contributed by atoms with Gasteiger partial charge in [-0.2, -0.15) is 13.2 Å². The summed E-state index contributed by atoms with van der Waals surface area (Å²) in [6.45, 7) is -1.68. The molecular formula is C10H11F4NO. The van der Waals surface area contributed by atoms with Crippen molar-refractivity contribution in [1.82, 2.24) is 5.32 Å². The van der Waals surface area contributed by atoms with Crippen LogP contribution in [0.3, 0.4) is 0 Å². The number of benzene rings is 1. The molecule has 0 aromatic heterocycles. The average Bonchev–Trinajstić information content (AvgIpc) is 2.20. The Labute approximate surface area is 89.9 Å². The first-order valence-corrected chi connectivity index (χ1v) is 4.59. The van der Waals surface area contributed by atoms with Gasteiger partial charge in [-0.3, -0.25) is 5.32 Å². The molecule has 0 saturated heterocycles. The van der Waals surface area contributed by atoms with E-state index in [4.69, 9.17) is 5.11 Å².